The molecular weight excluding hydrogens is 449 g/mol. The molecule has 2 aliphatic heterocycles. The molecule has 8 nitrogen and oxygen atoms in total. The van der Waals surface area contributed by atoms with Gasteiger partial charge in [-0.2, -0.15) is 5.10 Å². The molecule has 0 spiro atoms. The highest BCUT2D eigenvalue weighted by Gasteiger charge is 2.29. The van der Waals surface area contributed by atoms with Gasteiger partial charge in [0.05, 0.1) is 24.5 Å². The van der Waals surface area contributed by atoms with Crippen LogP contribution in [0.3, 0.4) is 0 Å². The first kappa shape index (κ1) is 21.4. The molecule has 10 heteroatoms. The third kappa shape index (κ3) is 4.02. The maximum absolute atomic E-state index is 12.7. The van der Waals surface area contributed by atoms with Crippen LogP contribution < -0.4 is 10.2 Å². The number of carbonyl (C=O) groups is 1. The first-order chi connectivity index (χ1) is 15.5. The molecule has 2 atom stereocenters. The number of hydrogen-bond acceptors (Lipinski definition) is 6. The fourth-order valence-corrected chi connectivity index (χ4v) is 5.06. The Labute approximate surface area is 196 Å². The smallest absolute Gasteiger partial charge is 0.239 e. The third-order valence-corrected chi connectivity index (χ3v) is 6.91. The van der Waals surface area contributed by atoms with Crippen molar-refractivity contribution >= 4 is 46.1 Å². The predicted molar refractivity (Wildman–Crippen MR) is 125 cm³/mol. The molecule has 0 radical (unpaired) electrons. The minimum atomic E-state index is -0.129. The van der Waals surface area contributed by atoms with Gasteiger partial charge in [-0.05, 0) is 44.0 Å². The number of nitrogens with one attached hydrogen (secondary N) is 1. The fourth-order valence-electron chi connectivity index (χ4n) is 4.49. The average molecular weight is 474 g/mol. The van der Waals surface area contributed by atoms with Crippen molar-refractivity contribution in [3.8, 4) is 0 Å². The van der Waals surface area contributed by atoms with Crippen LogP contribution in [0.4, 0.5) is 5.82 Å². The molecule has 2 aromatic heterocycles. The van der Waals surface area contributed by atoms with Crippen molar-refractivity contribution in [1.82, 2.24) is 30.0 Å². The molecular formula is C22H25Cl2N7O. The second kappa shape index (κ2) is 8.84. The van der Waals surface area contributed by atoms with Gasteiger partial charge in [-0.1, -0.05) is 29.3 Å². The molecule has 1 N–H and O–H groups in total. The molecule has 2 fully saturated rings. The normalized spacial score (nSPS) is 20.2. The largest absolute Gasteiger partial charge is 0.352 e. The van der Waals surface area contributed by atoms with Gasteiger partial charge in [0.1, 0.15) is 11.3 Å². The van der Waals surface area contributed by atoms with Crippen LogP contribution in [0.1, 0.15) is 31.4 Å². The van der Waals surface area contributed by atoms with E-state index >= 15 is 0 Å². The van der Waals surface area contributed by atoms with E-state index in [2.05, 4.69) is 20.3 Å². The van der Waals surface area contributed by atoms with Crippen LogP contribution in [-0.4, -0.2) is 69.3 Å². The van der Waals surface area contributed by atoms with Crippen LogP contribution in [-0.2, 0) is 4.79 Å². The molecule has 0 saturated carbocycles. The Morgan fingerprint density at radius 2 is 2.00 bits per heavy atom. The predicted octanol–water partition coefficient (Wildman–Crippen LogP) is 3.14. The minimum Gasteiger partial charge on any atom is -0.352 e. The molecule has 1 amide bonds. The van der Waals surface area contributed by atoms with Gasteiger partial charge in [0.15, 0.2) is 5.65 Å². The number of anilines is 1. The summed E-state index contributed by atoms with van der Waals surface area (Å²) in [5, 5.41) is 9.01. The van der Waals surface area contributed by atoms with Gasteiger partial charge in [0, 0.05) is 36.2 Å². The van der Waals surface area contributed by atoms with E-state index in [1.54, 1.807) is 18.5 Å². The second-order valence-electron chi connectivity index (χ2n) is 8.33. The zero-order chi connectivity index (χ0) is 22.2. The van der Waals surface area contributed by atoms with Crippen molar-refractivity contribution in [2.24, 2.45) is 0 Å². The summed E-state index contributed by atoms with van der Waals surface area (Å²) in [4.78, 5) is 26.3. The van der Waals surface area contributed by atoms with Gasteiger partial charge in [-0.15, -0.1) is 0 Å². The highest BCUT2D eigenvalue weighted by atomic mass is 35.5. The van der Waals surface area contributed by atoms with E-state index in [1.165, 1.54) is 0 Å². The maximum Gasteiger partial charge on any atom is 0.239 e. The van der Waals surface area contributed by atoms with E-state index in [9.17, 15) is 4.79 Å². The maximum atomic E-state index is 12.7. The Morgan fingerprint density at radius 3 is 2.72 bits per heavy atom. The Balaban J connectivity index is 1.34. The van der Waals surface area contributed by atoms with E-state index in [0.717, 1.165) is 49.4 Å². The number of rotatable bonds is 4. The molecule has 0 aliphatic carbocycles. The molecule has 4 heterocycles. The lowest BCUT2D eigenvalue weighted by atomic mass is 10.1. The lowest BCUT2D eigenvalue weighted by Crippen LogP contribution is -2.53. The summed E-state index contributed by atoms with van der Waals surface area (Å²) in [6.45, 7) is 5.78. The van der Waals surface area contributed by atoms with E-state index in [0.29, 0.717) is 28.8 Å². The van der Waals surface area contributed by atoms with Crippen molar-refractivity contribution in [3.05, 3.63) is 46.2 Å². The van der Waals surface area contributed by atoms with Crippen LogP contribution >= 0.6 is 23.2 Å². The molecule has 3 aromatic rings. The van der Waals surface area contributed by atoms with Crippen molar-refractivity contribution in [1.29, 1.82) is 0 Å². The highest BCUT2D eigenvalue weighted by Crippen LogP contribution is 2.30. The van der Waals surface area contributed by atoms with Crippen LogP contribution in [0.2, 0.25) is 10.0 Å². The first-order valence-corrected chi connectivity index (χ1v) is 11.7. The number of halogens is 2. The Morgan fingerprint density at radius 1 is 1.19 bits per heavy atom. The van der Waals surface area contributed by atoms with Gasteiger partial charge in [-0.3, -0.25) is 4.79 Å². The van der Waals surface area contributed by atoms with Crippen LogP contribution in [0, 0.1) is 0 Å². The standard InChI is InChI=1S/C22H25Cl2N7O/c1-14(16-5-4-15(23)11-17(16)24)31-21-19(12-27-31)26-13-20(28-21)29-7-9-30(10-8-29)22(32)18-3-2-6-25-18/h4-5,11-14,18,25H,2-3,6-10H2,1H3/t14-,18+/m0/s1. The quantitative estimate of drug-likeness (QED) is 0.626. The number of carbonyl (C=O) groups excluding carboxylic acids is 1. The van der Waals surface area contributed by atoms with Crippen molar-refractivity contribution in [2.45, 2.75) is 31.8 Å². The zero-order valence-corrected chi connectivity index (χ0v) is 19.4. The summed E-state index contributed by atoms with van der Waals surface area (Å²) in [6, 6.07) is 5.32. The number of benzene rings is 1. The lowest BCUT2D eigenvalue weighted by molar-refractivity contribution is -0.133. The van der Waals surface area contributed by atoms with Crippen LogP contribution in [0.25, 0.3) is 11.2 Å². The topological polar surface area (TPSA) is 79.2 Å². The number of hydrogen-bond donors (Lipinski definition) is 1. The molecule has 1 aromatic carbocycles. The van der Waals surface area contributed by atoms with Gasteiger partial charge >= 0.3 is 0 Å². The molecule has 168 valence electrons. The SMILES string of the molecule is C[C@@H](c1ccc(Cl)cc1Cl)n1ncc2ncc(N3CCN(C(=O)[C@H]4CCCN4)CC3)nc21. The summed E-state index contributed by atoms with van der Waals surface area (Å²) in [7, 11) is 0. The number of aromatic nitrogens is 4. The van der Waals surface area contributed by atoms with E-state index in [4.69, 9.17) is 28.2 Å². The van der Waals surface area contributed by atoms with E-state index in [-0.39, 0.29) is 18.0 Å². The number of piperazine rings is 1. The summed E-state index contributed by atoms with van der Waals surface area (Å²) in [5.41, 5.74) is 2.35. The third-order valence-electron chi connectivity index (χ3n) is 6.34. The Hall–Kier alpha value is -2.42. The summed E-state index contributed by atoms with van der Waals surface area (Å²) >= 11 is 12.5. The van der Waals surface area contributed by atoms with Gasteiger partial charge in [-0.25, -0.2) is 14.6 Å². The summed E-state index contributed by atoms with van der Waals surface area (Å²) in [5.74, 6) is 1.01. The van der Waals surface area contributed by atoms with Crippen LogP contribution in [0.15, 0.2) is 30.6 Å². The lowest BCUT2D eigenvalue weighted by Gasteiger charge is -2.36. The zero-order valence-electron chi connectivity index (χ0n) is 17.8. The monoisotopic (exact) mass is 473 g/mol. The van der Waals surface area contributed by atoms with Crippen molar-refractivity contribution < 1.29 is 4.79 Å². The van der Waals surface area contributed by atoms with Crippen molar-refractivity contribution in [3.63, 3.8) is 0 Å². The van der Waals surface area contributed by atoms with Gasteiger partial charge in [0.2, 0.25) is 5.91 Å². The number of fused-ring (bicyclic) bond motifs is 1. The van der Waals surface area contributed by atoms with E-state index in [1.807, 2.05) is 28.6 Å². The second-order valence-corrected chi connectivity index (χ2v) is 9.17. The average Bonchev–Trinajstić information content (AvgIpc) is 3.48. The van der Waals surface area contributed by atoms with E-state index < -0.39 is 0 Å². The summed E-state index contributed by atoms with van der Waals surface area (Å²) < 4.78 is 1.84. The summed E-state index contributed by atoms with van der Waals surface area (Å²) in [6.07, 6.45) is 5.50. The van der Waals surface area contributed by atoms with Gasteiger partial charge in [0.25, 0.3) is 0 Å². The molecule has 0 bridgehead atoms. The van der Waals surface area contributed by atoms with Crippen LogP contribution in [0.5, 0.6) is 0 Å². The molecule has 5 rings (SSSR count). The number of amides is 1. The molecule has 32 heavy (non-hydrogen) atoms. The molecule has 2 saturated heterocycles. The highest BCUT2D eigenvalue weighted by molar-refractivity contribution is 6.35. The number of nitrogens with zero attached hydrogens (tertiary/aromatic N) is 6. The Bertz CT molecular complexity index is 1140. The first-order valence-electron chi connectivity index (χ1n) is 10.9. The van der Waals surface area contributed by atoms with Crippen molar-refractivity contribution in [2.75, 3.05) is 37.6 Å². The fraction of sp³-hybridized carbons (Fsp3) is 0.455. The molecule has 0 unspecified atom stereocenters. The van der Waals surface area contributed by atoms with Gasteiger partial charge < -0.3 is 15.1 Å². The minimum absolute atomic E-state index is 0.0202. The molecule has 2 aliphatic rings. The Kier molecular flexibility index (Phi) is 5.92.